The lowest BCUT2D eigenvalue weighted by Gasteiger charge is -2.40. The van der Waals surface area contributed by atoms with E-state index in [-0.39, 0.29) is 24.6 Å². The number of amides is 1. The molecule has 1 amide bonds. The highest BCUT2D eigenvalue weighted by Crippen LogP contribution is 2.30. The Morgan fingerprint density at radius 3 is 3.19 bits per heavy atom. The first kappa shape index (κ1) is 12.5. The first-order chi connectivity index (χ1) is 10.3. The number of likely N-dealkylation sites (tertiary alicyclic amines) is 1. The summed E-state index contributed by atoms with van der Waals surface area (Å²) in [7, 11) is 0. The van der Waals surface area contributed by atoms with Gasteiger partial charge in [0.2, 0.25) is 5.91 Å². The summed E-state index contributed by atoms with van der Waals surface area (Å²) in [4.78, 5) is 14.1. The van der Waals surface area contributed by atoms with Crippen LogP contribution in [0.4, 0.5) is 0 Å². The largest absolute Gasteiger partial charge is 0.368 e. The van der Waals surface area contributed by atoms with Gasteiger partial charge in [-0.3, -0.25) is 4.79 Å². The lowest BCUT2D eigenvalue weighted by molar-refractivity contribution is -0.140. The van der Waals surface area contributed by atoms with Gasteiger partial charge in [0.15, 0.2) is 0 Å². The Morgan fingerprint density at radius 2 is 2.33 bits per heavy atom. The summed E-state index contributed by atoms with van der Waals surface area (Å²) in [5.74, 6) is 0.0342. The molecular formula is C12H15N7O2. The van der Waals surface area contributed by atoms with Gasteiger partial charge in [-0.05, 0) is 6.42 Å². The van der Waals surface area contributed by atoms with E-state index in [4.69, 9.17) is 4.74 Å². The number of piperidine rings is 1. The van der Waals surface area contributed by atoms with Crippen LogP contribution in [0.2, 0.25) is 0 Å². The molecule has 4 heterocycles. The molecule has 110 valence electrons. The van der Waals surface area contributed by atoms with Crippen molar-refractivity contribution in [2.75, 3.05) is 13.1 Å². The van der Waals surface area contributed by atoms with Gasteiger partial charge in [0.25, 0.3) is 0 Å². The molecule has 0 aliphatic carbocycles. The van der Waals surface area contributed by atoms with E-state index in [9.17, 15) is 4.79 Å². The molecule has 4 rings (SSSR count). The van der Waals surface area contributed by atoms with Gasteiger partial charge < -0.3 is 9.64 Å². The Hall–Kier alpha value is -2.29. The van der Waals surface area contributed by atoms with Crippen LogP contribution in [0, 0.1) is 0 Å². The zero-order chi connectivity index (χ0) is 14.2. The number of carbonyl (C=O) groups is 1. The van der Waals surface area contributed by atoms with E-state index in [0.717, 1.165) is 12.1 Å². The normalized spacial score (nSPS) is 24.5. The number of rotatable bonds is 2. The zero-order valence-electron chi connectivity index (χ0n) is 11.4. The summed E-state index contributed by atoms with van der Waals surface area (Å²) in [6.07, 6.45) is 5.79. The van der Waals surface area contributed by atoms with Gasteiger partial charge in [0.05, 0.1) is 36.8 Å². The summed E-state index contributed by atoms with van der Waals surface area (Å²) in [6, 6.07) is 0.173. The zero-order valence-corrected chi connectivity index (χ0v) is 11.4. The maximum atomic E-state index is 12.3. The van der Waals surface area contributed by atoms with Crippen molar-refractivity contribution < 1.29 is 9.53 Å². The van der Waals surface area contributed by atoms with Gasteiger partial charge in [-0.15, -0.1) is 10.2 Å². The third kappa shape index (κ3) is 2.19. The molecule has 1 saturated heterocycles. The predicted octanol–water partition coefficient (Wildman–Crippen LogP) is -0.758. The molecule has 0 unspecified atom stereocenters. The molecule has 0 N–H and O–H groups in total. The second-order valence-corrected chi connectivity index (χ2v) is 5.32. The molecule has 9 nitrogen and oxygen atoms in total. The van der Waals surface area contributed by atoms with Crippen LogP contribution >= 0.6 is 0 Å². The van der Waals surface area contributed by atoms with Gasteiger partial charge in [-0.1, -0.05) is 10.4 Å². The highest BCUT2D eigenvalue weighted by molar-refractivity contribution is 5.76. The third-order valence-corrected chi connectivity index (χ3v) is 4.05. The van der Waals surface area contributed by atoms with Crippen LogP contribution in [0.25, 0.3) is 0 Å². The molecule has 21 heavy (non-hydrogen) atoms. The summed E-state index contributed by atoms with van der Waals surface area (Å²) in [6.45, 7) is 1.99. The lowest BCUT2D eigenvalue weighted by Crippen LogP contribution is -2.51. The van der Waals surface area contributed by atoms with Crippen LogP contribution in [0.15, 0.2) is 18.6 Å². The monoisotopic (exact) mass is 289 g/mol. The summed E-state index contributed by atoms with van der Waals surface area (Å²) < 4.78 is 9.32. The van der Waals surface area contributed by atoms with Crippen LogP contribution in [0.5, 0.6) is 0 Å². The van der Waals surface area contributed by atoms with E-state index in [1.54, 1.807) is 18.6 Å². The van der Waals surface area contributed by atoms with Crippen LogP contribution in [0.3, 0.4) is 0 Å². The SMILES string of the molecule is O=C(Cn1ccnn1)N1CC[C@H]2[C@H](C1)OCc1cnnn12. The van der Waals surface area contributed by atoms with Crippen molar-refractivity contribution in [3.8, 4) is 0 Å². The molecule has 0 spiro atoms. The molecule has 0 aromatic carbocycles. The van der Waals surface area contributed by atoms with Gasteiger partial charge in [-0.25, -0.2) is 9.36 Å². The number of nitrogens with zero attached hydrogens (tertiary/aromatic N) is 7. The van der Waals surface area contributed by atoms with E-state index in [1.807, 2.05) is 9.58 Å². The minimum Gasteiger partial charge on any atom is -0.368 e. The van der Waals surface area contributed by atoms with Crippen molar-refractivity contribution in [3.05, 3.63) is 24.3 Å². The summed E-state index contributed by atoms with van der Waals surface area (Å²) >= 11 is 0. The number of fused-ring (bicyclic) bond motifs is 3. The number of hydrogen-bond donors (Lipinski definition) is 0. The molecule has 2 aromatic rings. The van der Waals surface area contributed by atoms with E-state index < -0.39 is 0 Å². The minimum atomic E-state index is -0.0207. The van der Waals surface area contributed by atoms with Gasteiger partial charge in [0.1, 0.15) is 6.54 Å². The van der Waals surface area contributed by atoms with Crippen LogP contribution in [0.1, 0.15) is 18.2 Å². The van der Waals surface area contributed by atoms with Gasteiger partial charge in [0, 0.05) is 19.3 Å². The Kier molecular flexibility index (Phi) is 2.92. The molecular weight excluding hydrogens is 274 g/mol. The smallest absolute Gasteiger partial charge is 0.244 e. The molecule has 2 aromatic heterocycles. The van der Waals surface area contributed by atoms with Crippen molar-refractivity contribution >= 4 is 5.91 Å². The lowest BCUT2D eigenvalue weighted by atomic mass is 10.00. The molecule has 0 saturated carbocycles. The second kappa shape index (κ2) is 4.92. The van der Waals surface area contributed by atoms with E-state index in [2.05, 4.69) is 20.6 Å². The quantitative estimate of drug-likeness (QED) is 0.722. The molecule has 0 bridgehead atoms. The molecule has 1 fully saturated rings. The van der Waals surface area contributed by atoms with Crippen molar-refractivity contribution in [1.82, 2.24) is 34.9 Å². The second-order valence-electron chi connectivity index (χ2n) is 5.32. The summed E-state index contributed by atoms with van der Waals surface area (Å²) in [5, 5.41) is 15.6. The van der Waals surface area contributed by atoms with Crippen LogP contribution < -0.4 is 0 Å². The van der Waals surface area contributed by atoms with E-state index in [1.165, 1.54) is 4.68 Å². The van der Waals surface area contributed by atoms with Crippen molar-refractivity contribution in [3.63, 3.8) is 0 Å². The number of hydrogen-bond acceptors (Lipinski definition) is 6. The standard InChI is InChI=1S/C12H15N7O2/c20-12(7-18-4-2-13-15-18)17-3-1-10-11(6-17)21-8-9-5-14-16-19(9)10/h2,4-5,10-11H,1,3,6-8H2/t10-,11-/m0/s1. The fourth-order valence-electron chi connectivity index (χ4n) is 2.97. The Bertz CT molecular complexity index is 638. The number of ether oxygens (including phenoxy) is 1. The number of carbonyl (C=O) groups excluding carboxylic acids is 1. The molecule has 9 heteroatoms. The fourth-order valence-corrected chi connectivity index (χ4v) is 2.97. The number of aromatic nitrogens is 6. The average molecular weight is 289 g/mol. The highest BCUT2D eigenvalue weighted by atomic mass is 16.5. The predicted molar refractivity (Wildman–Crippen MR) is 68.9 cm³/mol. The maximum Gasteiger partial charge on any atom is 0.244 e. The highest BCUT2D eigenvalue weighted by Gasteiger charge is 2.37. The average Bonchev–Trinajstić information content (AvgIpc) is 3.17. The van der Waals surface area contributed by atoms with Crippen molar-refractivity contribution in [2.24, 2.45) is 0 Å². The third-order valence-electron chi connectivity index (χ3n) is 4.05. The van der Waals surface area contributed by atoms with Crippen molar-refractivity contribution in [1.29, 1.82) is 0 Å². The Balaban J connectivity index is 1.45. The topological polar surface area (TPSA) is 91.0 Å². The van der Waals surface area contributed by atoms with Crippen LogP contribution in [-0.4, -0.2) is 60.0 Å². The summed E-state index contributed by atoms with van der Waals surface area (Å²) in [5.41, 5.74) is 0.999. The van der Waals surface area contributed by atoms with Crippen LogP contribution in [-0.2, 0) is 22.7 Å². The fraction of sp³-hybridized carbons (Fsp3) is 0.583. The minimum absolute atomic E-state index is 0.0207. The van der Waals surface area contributed by atoms with Crippen molar-refractivity contribution in [2.45, 2.75) is 31.7 Å². The first-order valence-electron chi connectivity index (χ1n) is 6.94. The first-order valence-corrected chi connectivity index (χ1v) is 6.94. The van der Waals surface area contributed by atoms with Gasteiger partial charge in [-0.2, -0.15) is 0 Å². The Labute approximate surface area is 120 Å². The molecule has 2 aliphatic rings. The van der Waals surface area contributed by atoms with E-state index in [0.29, 0.717) is 19.7 Å². The maximum absolute atomic E-state index is 12.3. The Morgan fingerprint density at radius 1 is 1.38 bits per heavy atom. The molecule has 2 aliphatic heterocycles. The van der Waals surface area contributed by atoms with Gasteiger partial charge >= 0.3 is 0 Å². The molecule has 2 atom stereocenters. The van der Waals surface area contributed by atoms with E-state index >= 15 is 0 Å². The molecule has 0 radical (unpaired) electrons.